The zero-order valence-electron chi connectivity index (χ0n) is 9.53. The molecule has 0 fully saturated rings. The average molecular weight is 217 g/mol. The third kappa shape index (κ3) is 2.28. The van der Waals surface area contributed by atoms with Crippen molar-refractivity contribution in [2.24, 2.45) is 5.73 Å². The van der Waals surface area contributed by atoms with Crippen LogP contribution in [0.5, 0.6) is 0 Å². The standard InChI is InChI=1S/C12H15N3O/c1-8-7-10(11-4-3-9(2)16-11)15-12(14-8)5-6-13/h3-4,7H,5-6,13H2,1-2H3. The van der Waals surface area contributed by atoms with E-state index in [-0.39, 0.29) is 0 Å². The Bertz CT molecular complexity index is 491. The molecule has 0 aliphatic heterocycles. The number of rotatable bonds is 3. The summed E-state index contributed by atoms with van der Waals surface area (Å²) in [5.41, 5.74) is 7.26. The van der Waals surface area contributed by atoms with E-state index in [0.29, 0.717) is 13.0 Å². The minimum Gasteiger partial charge on any atom is -0.460 e. The smallest absolute Gasteiger partial charge is 0.152 e. The van der Waals surface area contributed by atoms with E-state index >= 15 is 0 Å². The lowest BCUT2D eigenvalue weighted by atomic mass is 10.2. The van der Waals surface area contributed by atoms with Crippen molar-refractivity contribution in [3.8, 4) is 11.5 Å². The lowest BCUT2D eigenvalue weighted by Crippen LogP contribution is -2.07. The van der Waals surface area contributed by atoms with Crippen LogP contribution in [-0.4, -0.2) is 16.5 Å². The Labute approximate surface area is 94.5 Å². The van der Waals surface area contributed by atoms with E-state index in [1.165, 1.54) is 0 Å². The molecule has 2 heterocycles. The Morgan fingerprint density at radius 2 is 2.06 bits per heavy atom. The second-order valence-corrected chi connectivity index (χ2v) is 3.76. The van der Waals surface area contributed by atoms with Gasteiger partial charge in [0.25, 0.3) is 0 Å². The highest BCUT2D eigenvalue weighted by atomic mass is 16.3. The second-order valence-electron chi connectivity index (χ2n) is 3.76. The van der Waals surface area contributed by atoms with Crippen molar-refractivity contribution >= 4 is 0 Å². The Kier molecular flexibility index (Phi) is 3.01. The number of hydrogen-bond donors (Lipinski definition) is 1. The average Bonchev–Trinajstić information content (AvgIpc) is 2.64. The summed E-state index contributed by atoms with van der Waals surface area (Å²) in [5.74, 6) is 2.43. The second kappa shape index (κ2) is 4.45. The van der Waals surface area contributed by atoms with Gasteiger partial charge in [0.15, 0.2) is 5.76 Å². The predicted molar refractivity (Wildman–Crippen MR) is 62.0 cm³/mol. The summed E-state index contributed by atoms with van der Waals surface area (Å²) in [6, 6.07) is 5.76. The van der Waals surface area contributed by atoms with Crippen molar-refractivity contribution in [1.29, 1.82) is 0 Å². The zero-order valence-corrected chi connectivity index (χ0v) is 9.53. The van der Waals surface area contributed by atoms with Gasteiger partial charge in [-0.3, -0.25) is 0 Å². The fourth-order valence-corrected chi connectivity index (χ4v) is 1.57. The summed E-state index contributed by atoms with van der Waals surface area (Å²) in [4.78, 5) is 8.75. The molecule has 2 rings (SSSR count). The maximum atomic E-state index is 5.54. The summed E-state index contributed by atoms with van der Waals surface area (Å²) in [6.07, 6.45) is 0.689. The molecule has 0 bridgehead atoms. The molecule has 0 aliphatic rings. The summed E-state index contributed by atoms with van der Waals surface area (Å²) >= 11 is 0. The summed E-state index contributed by atoms with van der Waals surface area (Å²) in [5, 5.41) is 0. The van der Waals surface area contributed by atoms with Crippen molar-refractivity contribution in [2.45, 2.75) is 20.3 Å². The topological polar surface area (TPSA) is 64.9 Å². The lowest BCUT2D eigenvalue weighted by molar-refractivity contribution is 0.545. The first-order chi connectivity index (χ1) is 7.69. The van der Waals surface area contributed by atoms with Gasteiger partial charge in [-0.05, 0) is 38.6 Å². The third-order valence-electron chi connectivity index (χ3n) is 2.26. The maximum Gasteiger partial charge on any atom is 0.152 e. The van der Waals surface area contributed by atoms with Crippen LogP contribution in [0.1, 0.15) is 17.3 Å². The Balaban J connectivity index is 2.40. The van der Waals surface area contributed by atoms with Gasteiger partial charge < -0.3 is 10.2 Å². The van der Waals surface area contributed by atoms with Crippen LogP contribution in [-0.2, 0) is 6.42 Å². The molecule has 2 N–H and O–H groups in total. The fraction of sp³-hybridized carbons (Fsp3) is 0.333. The molecular weight excluding hydrogens is 202 g/mol. The van der Waals surface area contributed by atoms with Gasteiger partial charge in [0.2, 0.25) is 0 Å². The minimum absolute atomic E-state index is 0.556. The highest BCUT2D eigenvalue weighted by molar-refractivity contribution is 5.52. The lowest BCUT2D eigenvalue weighted by Gasteiger charge is -2.02. The first kappa shape index (κ1) is 10.8. The minimum atomic E-state index is 0.556. The van der Waals surface area contributed by atoms with Gasteiger partial charge in [0, 0.05) is 12.1 Å². The molecule has 0 atom stereocenters. The molecule has 0 spiro atoms. The van der Waals surface area contributed by atoms with Gasteiger partial charge in [-0.15, -0.1) is 0 Å². The molecule has 0 aromatic carbocycles. The molecule has 84 valence electrons. The van der Waals surface area contributed by atoms with Crippen LogP contribution in [0, 0.1) is 13.8 Å². The van der Waals surface area contributed by atoms with Gasteiger partial charge in [-0.2, -0.15) is 0 Å². The van der Waals surface area contributed by atoms with Gasteiger partial charge in [0.1, 0.15) is 17.3 Å². The first-order valence-corrected chi connectivity index (χ1v) is 5.30. The van der Waals surface area contributed by atoms with E-state index in [0.717, 1.165) is 28.7 Å². The van der Waals surface area contributed by atoms with Gasteiger partial charge in [-0.25, -0.2) is 9.97 Å². The highest BCUT2D eigenvalue weighted by Gasteiger charge is 2.07. The quantitative estimate of drug-likeness (QED) is 0.852. The van der Waals surface area contributed by atoms with E-state index in [1.54, 1.807) is 0 Å². The number of hydrogen-bond acceptors (Lipinski definition) is 4. The predicted octanol–water partition coefficient (Wildman–Crippen LogP) is 1.85. The van der Waals surface area contributed by atoms with Crippen LogP contribution >= 0.6 is 0 Å². The summed E-state index contributed by atoms with van der Waals surface area (Å²) in [6.45, 7) is 4.42. The van der Waals surface area contributed by atoms with Crippen LogP contribution in [0.2, 0.25) is 0 Å². The third-order valence-corrected chi connectivity index (χ3v) is 2.26. The monoisotopic (exact) mass is 217 g/mol. The molecule has 0 radical (unpaired) electrons. The van der Waals surface area contributed by atoms with Crippen LogP contribution in [0.4, 0.5) is 0 Å². The molecule has 0 aliphatic carbocycles. The molecule has 0 unspecified atom stereocenters. The van der Waals surface area contributed by atoms with E-state index in [1.807, 2.05) is 32.0 Å². The van der Waals surface area contributed by atoms with Crippen molar-refractivity contribution in [2.75, 3.05) is 6.54 Å². The molecule has 2 aromatic rings. The van der Waals surface area contributed by atoms with Crippen LogP contribution in [0.25, 0.3) is 11.5 Å². The van der Waals surface area contributed by atoms with Crippen LogP contribution in [0.3, 0.4) is 0 Å². The van der Waals surface area contributed by atoms with Crippen molar-refractivity contribution in [3.05, 3.63) is 35.5 Å². The van der Waals surface area contributed by atoms with Crippen LogP contribution < -0.4 is 5.73 Å². The maximum absolute atomic E-state index is 5.54. The molecule has 0 saturated carbocycles. The number of aryl methyl sites for hydroxylation is 2. The molecule has 0 saturated heterocycles. The van der Waals surface area contributed by atoms with E-state index in [9.17, 15) is 0 Å². The SMILES string of the molecule is Cc1cc(-c2ccc(C)o2)nc(CCN)n1. The van der Waals surface area contributed by atoms with Gasteiger partial charge in [0.05, 0.1) is 0 Å². The number of furan rings is 1. The molecule has 16 heavy (non-hydrogen) atoms. The number of nitrogens with zero attached hydrogens (tertiary/aromatic N) is 2. The zero-order chi connectivity index (χ0) is 11.5. The van der Waals surface area contributed by atoms with Crippen LogP contribution in [0.15, 0.2) is 22.6 Å². The van der Waals surface area contributed by atoms with Gasteiger partial charge in [-0.1, -0.05) is 0 Å². The largest absolute Gasteiger partial charge is 0.460 e. The van der Waals surface area contributed by atoms with Gasteiger partial charge >= 0.3 is 0 Å². The Morgan fingerprint density at radius 1 is 1.25 bits per heavy atom. The van der Waals surface area contributed by atoms with E-state index < -0.39 is 0 Å². The van der Waals surface area contributed by atoms with E-state index in [2.05, 4.69) is 9.97 Å². The Hall–Kier alpha value is -1.68. The van der Waals surface area contributed by atoms with Crippen molar-refractivity contribution in [3.63, 3.8) is 0 Å². The summed E-state index contributed by atoms with van der Waals surface area (Å²) in [7, 11) is 0. The number of nitrogens with two attached hydrogens (primary N) is 1. The molecular formula is C12H15N3O. The Morgan fingerprint density at radius 3 is 2.69 bits per heavy atom. The molecule has 4 heteroatoms. The summed E-state index contributed by atoms with van der Waals surface area (Å²) < 4.78 is 5.54. The van der Waals surface area contributed by atoms with Crippen molar-refractivity contribution in [1.82, 2.24) is 9.97 Å². The van der Waals surface area contributed by atoms with Crippen molar-refractivity contribution < 1.29 is 4.42 Å². The molecule has 4 nitrogen and oxygen atoms in total. The number of aromatic nitrogens is 2. The molecule has 2 aromatic heterocycles. The van der Waals surface area contributed by atoms with E-state index in [4.69, 9.17) is 10.2 Å². The first-order valence-electron chi connectivity index (χ1n) is 5.30. The highest BCUT2D eigenvalue weighted by Crippen LogP contribution is 2.20. The molecule has 0 amide bonds. The normalized spacial score (nSPS) is 10.7. The fourth-order valence-electron chi connectivity index (χ4n) is 1.57.